The topological polar surface area (TPSA) is 79.2 Å². The van der Waals surface area contributed by atoms with E-state index in [1.807, 2.05) is 36.4 Å². The van der Waals surface area contributed by atoms with Crippen LogP contribution in [0.1, 0.15) is 12.0 Å². The van der Waals surface area contributed by atoms with Gasteiger partial charge in [0, 0.05) is 16.3 Å². The molecule has 0 bridgehead atoms. The highest BCUT2D eigenvalue weighted by Crippen LogP contribution is 2.17. The molecule has 2 rings (SSSR count). The SMILES string of the molecule is N#Cc1cccc(NC(=O)COC(=O)CCSc2ccccc2)c1. The minimum absolute atomic E-state index is 0.233. The predicted octanol–water partition coefficient (Wildman–Crippen LogP) is 3.22. The molecule has 0 aromatic heterocycles. The van der Waals surface area contributed by atoms with Gasteiger partial charge in [0.2, 0.25) is 0 Å². The minimum Gasteiger partial charge on any atom is -0.456 e. The average Bonchev–Trinajstić information content (AvgIpc) is 2.61. The van der Waals surface area contributed by atoms with Gasteiger partial charge in [-0.3, -0.25) is 9.59 Å². The molecule has 0 aliphatic heterocycles. The van der Waals surface area contributed by atoms with Crippen molar-refractivity contribution in [2.24, 2.45) is 0 Å². The van der Waals surface area contributed by atoms with Gasteiger partial charge in [-0.25, -0.2) is 0 Å². The van der Waals surface area contributed by atoms with Gasteiger partial charge in [0.25, 0.3) is 5.91 Å². The van der Waals surface area contributed by atoms with E-state index in [1.54, 1.807) is 36.0 Å². The number of carbonyl (C=O) groups excluding carboxylic acids is 2. The molecule has 6 heteroatoms. The Morgan fingerprint density at radius 1 is 1.12 bits per heavy atom. The van der Waals surface area contributed by atoms with Crippen LogP contribution in [0.2, 0.25) is 0 Å². The number of esters is 1. The molecule has 0 aliphatic rings. The van der Waals surface area contributed by atoms with Gasteiger partial charge in [0.05, 0.1) is 18.1 Å². The molecule has 0 fully saturated rings. The van der Waals surface area contributed by atoms with Crippen LogP contribution in [0.3, 0.4) is 0 Å². The van der Waals surface area contributed by atoms with Crippen molar-refractivity contribution in [3.8, 4) is 6.07 Å². The van der Waals surface area contributed by atoms with Gasteiger partial charge < -0.3 is 10.1 Å². The van der Waals surface area contributed by atoms with E-state index in [1.165, 1.54) is 0 Å². The molecule has 0 spiro atoms. The standard InChI is InChI=1S/C18H16N2O3S/c19-12-14-5-4-6-15(11-14)20-17(21)13-23-18(22)9-10-24-16-7-2-1-3-8-16/h1-8,11H,9-10,13H2,(H,20,21). The number of nitrogens with one attached hydrogen (secondary N) is 1. The molecular formula is C18H16N2O3S. The van der Waals surface area contributed by atoms with Crippen molar-refractivity contribution < 1.29 is 14.3 Å². The molecule has 5 nitrogen and oxygen atoms in total. The lowest BCUT2D eigenvalue weighted by Gasteiger charge is -2.07. The van der Waals surface area contributed by atoms with Crippen LogP contribution in [-0.2, 0) is 14.3 Å². The number of thioether (sulfide) groups is 1. The normalized spacial score (nSPS) is 9.79. The number of benzene rings is 2. The van der Waals surface area contributed by atoms with Crippen molar-refractivity contribution in [2.45, 2.75) is 11.3 Å². The number of nitrogens with zero attached hydrogens (tertiary/aromatic N) is 1. The molecule has 24 heavy (non-hydrogen) atoms. The zero-order valence-electron chi connectivity index (χ0n) is 12.9. The zero-order valence-corrected chi connectivity index (χ0v) is 13.7. The van der Waals surface area contributed by atoms with E-state index in [0.29, 0.717) is 17.0 Å². The number of carbonyl (C=O) groups is 2. The smallest absolute Gasteiger partial charge is 0.307 e. The first-order valence-corrected chi connectivity index (χ1v) is 8.29. The van der Waals surface area contributed by atoms with E-state index in [9.17, 15) is 9.59 Å². The first-order chi connectivity index (χ1) is 11.7. The van der Waals surface area contributed by atoms with E-state index in [4.69, 9.17) is 10.00 Å². The van der Waals surface area contributed by atoms with Crippen molar-refractivity contribution >= 4 is 29.3 Å². The number of amides is 1. The van der Waals surface area contributed by atoms with Gasteiger partial charge in [0.1, 0.15) is 0 Å². The van der Waals surface area contributed by atoms with Crippen molar-refractivity contribution in [2.75, 3.05) is 17.7 Å². The van der Waals surface area contributed by atoms with Crippen molar-refractivity contribution in [3.05, 3.63) is 60.2 Å². The van der Waals surface area contributed by atoms with E-state index in [2.05, 4.69) is 5.32 Å². The first-order valence-electron chi connectivity index (χ1n) is 7.31. The lowest BCUT2D eigenvalue weighted by molar-refractivity contribution is -0.146. The number of hydrogen-bond donors (Lipinski definition) is 1. The number of anilines is 1. The maximum Gasteiger partial charge on any atom is 0.307 e. The third-order valence-corrected chi connectivity index (χ3v) is 3.97. The van der Waals surface area contributed by atoms with Crippen LogP contribution in [0.4, 0.5) is 5.69 Å². The fraction of sp³-hybridized carbons (Fsp3) is 0.167. The largest absolute Gasteiger partial charge is 0.456 e. The van der Waals surface area contributed by atoms with Gasteiger partial charge in [-0.2, -0.15) is 5.26 Å². The summed E-state index contributed by atoms with van der Waals surface area (Å²) in [6.45, 7) is -0.342. The van der Waals surface area contributed by atoms with Crippen LogP contribution in [0.25, 0.3) is 0 Å². The summed E-state index contributed by atoms with van der Waals surface area (Å²) in [7, 11) is 0. The van der Waals surface area contributed by atoms with Gasteiger partial charge in [-0.05, 0) is 30.3 Å². The second kappa shape index (κ2) is 9.38. The third-order valence-electron chi connectivity index (χ3n) is 2.96. The number of ether oxygens (including phenoxy) is 1. The molecule has 1 N–H and O–H groups in total. The molecule has 0 saturated carbocycles. The minimum atomic E-state index is -0.436. The Hall–Kier alpha value is -2.78. The maximum absolute atomic E-state index is 11.7. The van der Waals surface area contributed by atoms with Gasteiger partial charge in [0.15, 0.2) is 6.61 Å². The second-order valence-electron chi connectivity index (χ2n) is 4.81. The highest BCUT2D eigenvalue weighted by molar-refractivity contribution is 7.99. The van der Waals surface area contributed by atoms with Crippen LogP contribution in [-0.4, -0.2) is 24.2 Å². The molecule has 2 aromatic carbocycles. The molecule has 122 valence electrons. The molecule has 0 heterocycles. The summed E-state index contributed by atoms with van der Waals surface area (Å²) in [5, 5.41) is 11.4. The molecule has 0 aliphatic carbocycles. The summed E-state index contributed by atoms with van der Waals surface area (Å²) in [5.74, 6) is -0.261. The molecular weight excluding hydrogens is 324 g/mol. The number of hydrogen-bond acceptors (Lipinski definition) is 5. The number of nitriles is 1. The Morgan fingerprint density at radius 3 is 2.67 bits per heavy atom. The van der Waals surface area contributed by atoms with Crippen molar-refractivity contribution in [1.82, 2.24) is 0 Å². The summed E-state index contributed by atoms with van der Waals surface area (Å²) in [6.07, 6.45) is 0.233. The predicted molar refractivity (Wildman–Crippen MR) is 92.5 cm³/mol. The quantitative estimate of drug-likeness (QED) is 0.618. The average molecular weight is 340 g/mol. The highest BCUT2D eigenvalue weighted by Gasteiger charge is 2.08. The molecule has 2 aromatic rings. The Bertz CT molecular complexity index is 741. The molecule has 0 atom stereocenters. The van der Waals surface area contributed by atoms with Crippen LogP contribution < -0.4 is 5.32 Å². The van der Waals surface area contributed by atoms with E-state index in [0.717, 1.165) is 4.90 Å². The first kappa shape index (κ1) is 17.6. The number of rotatable bonds is 7. The third kappa shape index (κ3) is 6.15. The fourth-order valence-electron chi connectivity index (χ4n) is 1.85. The van der Waals surface area contributed by atoms with Crippen molar-refractivity contribution in [1.29, 1.82) is 5.26 Å². The summed E-state index contributed by atoms with van der Waals surface area (Å²) < 4.78 is 4.94. The monoisotopic (exact) mass is 340 g/mol. The van der Waals surface area contributed by atoms with Gasteiger partial charge in [-0.15, -0.1) is 11.8 Å². The van der Waals surface area contributed by atoms with Gasteiger partial charge in [-0.1, -0.05) is 24.3 Å². The van der Waals surface area contributed by atoms with Crippen LogP contribution in [0, 0.1) is 11.3 Å². The summed E-state index contributed by atoms with van der Waals surface area (Å²) in [5.41, 5.74) is 0.942. The second-order valence-corrected chi connectivity index (χ2v) is 5.98. The van der Waals surface area contributed by atoms with E-state index < -0.39 is 11.9 Å². The lowest BCUT2D eigenvalue weighted by Crippen LogP contribution is -2.21. The Labute approximate surface area is 144 Å². The molecule has 1 amide bonds. The fourth-order valence-corrected chi connectivity index (χ4v) is 2.70. The molecule has 0 saturated heterocycles. The van der Waals surface area contributed by atoms with Crippen LogP contribution in [0.15, 0.2) is 59.5 Å². The van der Waals surface area contributed by atoms with Crippen molar-refractivity contribution in [3.63, 3.8) is 0 Å². The summed E-state index contributed by atoms with van der Waals surface area (Å²) >= 11 is 1.56. The Kier molecular flexibility index (Phi) is 6.87. The van der Waals surface area contributed by atoms with Crippen LogP contribution >= 0.6 is 11.8 Å². The van der Waals surface area contributed by atoms with Gasteiger partial charge >= 0.3 is 5.97 Å². The lowest BCUT2D eigenvalue weighted by atomic mass is 10.2. The van der Waals surface area contributed by atoms with Crippen LogP contribution in [0.5, 0.6) is 0 Å². The van der Waals surface area contributed by atoms with E-state index in [-0.39, 0.29) is 13.0 Å². The molecule has 0 radical (unpaired) electrons. The Balaban J connectivity index is 1.67. The molecule has 0 unspecified atom stereocenters. The zero-order chi connectivity index (χ0) is 17.2. The Morgan fingerprint density at radius 2 is 1.92 bits per heavy atom. The van der Waals surface area contributed by atoms with E-state index >= 15 is 0 Å². The highest BCUT2D eigenvalue weighted by atomic mass is 32.2. The maximum atomic E-state index is 11.7. The summed E-state index contributed by atoms with van der Waals surface area (Å²) in [4.78, 5) is 24.5. The summed E-state index contributed by atoms with van der Waals surface area (Å²) in [6, 6.07) is 18.3.